The molecule has 4 nitrogen and oxygen atoms in total. The van der Waals surface area contributed by atoms with Crippen molar-refractivity contribution in [2.24, 2.45) is 5.73 Å². The lowest BCUT2D eigenvalue weighted by molar-refractivity contribution is 0.327. The number of benzene rings is 1. The van der Waals surface area contributed by atoms with Crippen molar-refractivity contribution >= 4 is 24.4 Å². The minimum Gasteiger partial charge on any atom is -0.492 e. The van der Waals surface area contributed by atoms with Gasteiger partial charge in [0.15, 0.2) is 0 Å². The molecule has 0 aliphatic carbocycles. The van der Waals surface area contributed by atoms with E-state index in [9.17, 15) is 0 Å². The zero-order chi connectivity index (χ0) is 20.0. The first-order chi connectivity index (χ1) is 14.1. The molecule has 1 aromatic carbocycles. The van der Waals surface area contributed by atoms with E-state index in [1.165, 1.54) is 20.6 Å². The zero-order valence-corrected chi connectivity index (χ0v) is 16.4. The second kappa shape index (κ2) is 6.90. The molecule has 0 bridgehead atoms. The molecule has 0 saturated heterocycles. The Bertz CT molecular complexity index is 1090. The van der Waals surface area contributed by atoms with Gasteiger partial charge in [-0.1, -0.05) is 24.3 Å². The van der Waals surface area contributed by atoms with E-state index in [0.29, 0.717) is 36.0 Å². The SMILES string of the molecule is NCCOc1ccc(C2C=CC3=Cc4ccc(-c5cccs5)n4[B-](F)(F)N32)cc1. The van der Waals surface area contributed by atoms with E-state index in [1.54, 1.807) is 30.3 Å². The smallest absolute Gasteiger partial charge is 0.492 e. The van der Waals surface area contributed by atoms with E-state index < -0.39 is 13.0 Å². The molecule has 0 amide bonds. The predicted molar refractivity (Wildman–Crippen MR) is 114 cm³/mol. The van der Waals surface area contributed by atoms with E-state index in [0.717, 1.165) is 10.4 Å². The lowest BCUT2D eigenvalue weighted by Crippen LogP contribution is -2.54. The van der Waals surface area contributed by atoms with Crippen LogP contribution >= 0.6 is 11.3 Å². The highest BCUT2D eigenvalue weighted by Crippen LogP contribution is 2.45. The summed E-state index contributed by atoms with van der Waals surface area (Å²) in [6, 6.07) is 14.0. The van der Waals surface area contributed by atoms with Gasteiger partial charge < -0.3 is 28.4 Å². The van der Waals surface area contributed by atoms with Crippen molar-refractivity contribution in [3.05, 3.63) is 83.0 Å². The minimum atomic E-state index is -4.01. The molecular formula is C21H19BF2N3OS-. The average molecular weight is 410 g/mol. The van der Waals surface area contributed by atoms with E-state index in [1.807, 2.05) is 41.8 Å². The molecule has 3 aromatic rings. The summed E-state index contributed by atoms with van der Waals surface area (Å²) in [6.07, 6.45) is 5.43. The molecule has 2 aliphatic rings. The number of thiophene rings is 1. The molecule has 1 unspecified atom stereocenters. The number of ether oxygens (including phenoxy) is 1. The highest BCUT2D eigenvalue weighted by atomic mass is 32.1. The number of nitrogens with two attached hydrogens (primary N) is 1. The summed E-state index contributed by atoms with van der Waals surface area (Å²) in [5, 5.41) is 1.90. The summed E-state index contributed by atoms with van der Waals surface area (Å²) in [6.45, 7) is -3.16. The van der Waals surface area contributed by atoms with Gasteiger partial charge in [-0.25, -0.2) is 0 Å². The fourth-order valence-electron chi connectivity index (χ4n) is 4.06. The van der Waals surface area contributed by atoms with Crippen molar-refractivity contribution in [2.45, 2.75) is 6.04 Å². The molecule has 148 valence electrons. The zero-order valence-electron chi connectivity index (χ0n) is 15.5. The largest absolute Gasteiger partial charge is 0.530 e. The van der Waals surface area contributed by atoms with Gasteiger partial charge in [-0.15, -0.1) is 11.3 Å². The normalized spacial score (nSPS) is 19.1. The Morgan fingerprint density at radius 2 is 1.93 bits per heavy atom. The van der Waals surface area contributed by atoms with Crippen LogP contribution < -0.4 is 10.5 Å². The quantitative estimate of drug-likeness (QED) is 0.618. The highest BCUT2D eigenvalue weighted by molar-refractivity contribution is 7.13. The number of hydrogen-bond donors (Lipinski definition) is 1. The molecular weight excluding hydrogens is 391 g/mol. The molecule has 5 rings (SSSR count). The number of rotatable bonds is 5. The molecule has 0 radical (unpaired) electrons. The summed E-state index contributed by atoms with van der Waals surface area (Å²) >= 11 is 1.46. The number of hydrogen-bond acceptors (Lipinski definition) is 4. The van der Waals surface area contributed by atoms with E-state index in [2.05, 4.69) is 0 Å². The van der Waals surface area contributed by atoms with Crippen molar-refractivity contribution < 1.29 is 13.4 Å². The third-order valence-electron chi connectivity index (χ3n) is 5.32. The molecule has 2 aliphatic heterocycles. The van der Waals surface area contributed by atoms with E-state index in [-0.39, 0.29) is 0 Å². The predicted octanol–water partition coefficient (Wildman–Crippen LogP) is 4.74. The molecule has 2 N–H and O–H groups in total. The van der Waals surface area contributed by atoms with E-state index in [4.69, 9.17) is 10.5 Å². The van der Waals surface area contributed by atoms with Crippen LogP contribution in [0.1, 0.15) is 17.3 Å². The number of halogens is 2. The number of aromatic nitrogens is 1. The first-order valence-corrected chi connectivity index (χ1v) is 10.4. The van der Waals surface area contributed by atoms with Crippen LogP contribution in [0.15, 0.2) is 71.8 Å². The topological polar surface area (TPSA) is 43.4 Å². The van der Waals surface area contributed by atoms with Crippen LogP contribution in [0.4, 0.5) is 8.63 Å². The monoisotopic (exact) mass is 410 g/mol. The van der Waals surface area contributed by atoms with Crippen molar-refractivity contribution in [3.63, 3.8) is 0 Å². The Kier molecular flexibility index (Phi) is 4.33. The fourth-order valence-corrected chi connectivity index (χ4v) is 4.81. The fraction of sp³-hybridized carbons (Fsp3) is 0.143. The van der Waals surface area contributed by atoms with Crippen molar-refractivity contribution in [1.29, 1.82) is 0 Å². The Hall–Kier alpha value is -2.84. The van der Waals surface area contributed by atoms with Crippen molar-refractivity contribution in [1.82, 2.24) is 9.29 Å². The molecule has 29 heavy (non-hydrogen) atoms. The van der Waals surface area contributed by atoms with Crippen LogP contribution in [0, 0.1) is 0 Å². The molecule has 4 heterocycles. The molecule has 0 saturated carbocycles. The molecule has 2 aromatic heterocycles. The third kappa shape index (κ3) is 2.91. The van der Waals surface area contributed by atoms with Gasteiger partial charge in [-0.2, -0.15) is 0 Å². The lowest BCUT2D eigenvalue weighted by atomic mass is 9.86. The number of fused-ring (bicyclic) bond motifs is 2. The molecule has 0 spiro atoms. The van der Waals surface area contributed by atoms with Crippen LogP contribution in [0.3, 0.4) is 0 Å². The standard InChI is InChI=1S/C21H19BF2N3OS/c23-22(24)26-16(14-17-6-10-20(27(17)22)21-2-1-13-29-21)5-9-19(26)15-3-7-18(8-4-15)28-12-11-25/h1-10,13-14,19H,11-12,25H2/q-1. The molecule has 8 heteroatoms. The van der Waals surface area contributed by atoms with Crippen LogP contribution in [0.5, 0.6) is 5.75 Å². The minimum absolute atomic E-state index is 0.421. The first kappa shape index (κ1) is 18.2. The van der Waals surface area contributed by atoms with Gasteiger partial charge >= 0.3 is 6.97 Å². The second-order valence-corrected chi connectivity index (χ2v) is 8.01. The second-order valence-electron chi connectivity index (χ2n) is 7.07. The highest BCUT2D eigenvalue weighted by Gasteiger charge is 2.45. The third-order valence-corrected chi connectivity index (χ3v) is 6.21. The maximum atomic E-state index is 15.9. The Morgan fingerprint density at radius 3 is 2.66 bits per heavy atom. The van der Waals surface area contributed by atoms with Gasteiger partial charge in [-0.3, -0.25) is 0 Å². The number of allylic oxidation sites excluding steroid dienone is 1. The molecule has 0 fully saturated rings. The van der Waals surface area contributed by atoms with Gasteiger partial charge in [0, 0.05) is 34.5 Å². The Balaban J connectivity index is 1.52. The van der Waals surface area contributed by atoms with E-state index >= 15 is 8.63 Å². The summed E-state index contributed by atoms with van der Waals surface area (Å²) in [4.78, 5) is 2.07. The Morgan fingerprint density at radius 1 is 1.10 bits per heavy atom. The van der Waals surface area contributed by atoms with Crippen LogP contribution in [0.2, 0.25) is 0 Å². The van der Waals surface area contributed by atoms with Crippen LogP contribution in [0.25, 0.3) is 16.6 Å². The van der Waals surface area contributed by atoms with Crippen molar-refractivity contribution in [3.8, 4) is 16.3 Å². The van der Waals surface area contributed by atoms with Crippen molar-refractivity contribution in [2.75, 3.05) is 13.2 Å². The average Bonchev–Trinajstić information content (AvgIpc) is 3.46. The molecule has 1 atom stereocenters. The van der Waals surface area contributed by atoms with Gasteiger partial charge in [0.05, 0.1) is 0 Å². The summed E-state index contributed by atoms with van der Waals surface area (Å²) < 4.78 is 38.4. The summed E-state index contributed by atoms with van der Waals surface area (Å²) in [5.74, 6) is 0.681. The van der Waals surface area contributed by atoms with Gasteiger partial charge in [-0.05, 0) is 53.4 Å². The van der Waals surface area contributed by atoms with Crippen LogP contribution in [-0.4, -0.2) is 29.4 Å². The van der Waals surface area contributed by atoms with Gasteiger partial charge in [0.2, 0.25) is 0 Å². The van der Waals surface area contributed by atoms with Crippen LogP contribution in [-0.2, 0) is 0 Å². The summed E-state index contributed by atoms with van der Waals surface area (Å²) in [7, 11) is 0. The number of nitrogens with zero attached hydrogens (tertiary/aromatic N) is 2. The maximum Gasteiger partial charge on any atom is 0.530 e. The van der Waals surface area contributed by atoms with Gasteiger partial charge in [0.1, 0.15) is 12.4 Å². The maximum absolute atomic E-state index is 15.9. The lowest BCUT2D eigenvalue weighted by Gasteiger charge is -2.47. The Labute approximate surface area is 171 Å². The first-order valence-electron chi connectivity index (χ1n) is 9.48. The summed E-state index contributed by atoms with van der Waals surface area (Å²) in [5.41, 5.74) is 7.86. The van der Waals surface area contributed by atoms with Gasteiger partial charge in [0.25, 0.3) is 0 Å².